The summed E-state index contributed by atoms with van der Waals surface area (Å²) >= 11 is 0. The van der Waals surface area contributed by atoms with Crippen LogP contribution in [0.25, 0.3) is 0 Å². The minimum Gasteiger partial charge on any atom is -0.328 e. The molecule has 4 nitrogen and oxygen atoms in total. The summed E-state index contributed by atoms with van der Waals surface area (Å²) in [5.41, 5.74) is 7.94. The van der Waals surface area contributed by atoms with Crippen molar-refractivity contribution in [1.82, 2.24) is 4.98 Å². The van der Waals surface area contributed by atoms with Gasteiger partial charge in [-0.05, 0) is 50.8 Å². The second-order valence-electron chi connectivity index (χ2n) is 5.28. The lowest BCUT2D eigenvalue weighted by molar-refractivity contribution is -0.120. The van der Waals surface area contributed by atoms with Crippen molar-refractivity contribution < 1.29 is 4.79 Å². The van der Waals surface area contributed by atoms with E-state index in [4.69, 9.17) is 5.73 Å². The number of amides is 1. The maximum absolute atomic E-state index is 12.1. The minimum absolute atomic E-state index is 0.0383. The Balaban J connectivity index is 2.02. The fourth-order valence-corrected chi connectivity index (χ4v) is 2.60. The van der Waals surface area contributed by atoms with Crippen LogP contribution >= 0.6 is 0 Å². The Kier molecular flexibility index (Phi) is 3.97. The summed E-state index contributed by atoms with van der Waals surface area (Å²) in [6.07, 6.45) is 3.80. The van der Waals surface area contributed by atoms with Gasteiger partial charge in [0.1, 0.15) is 5.82 Å². The van der Waals surface area contributed by atoms with E-state index in [1.165, 1.54) is 0 Å². The van der Waals surface area contributed by atoms with Gasteiger partial charge in [-0.2, -0.15) is 0 Å². The average Bonchev–Trinajstić information content (AvgIpc) is 2.27. The molecule has 98 valence electrons. The first-order valence-electron chi connectivity index (χ1n) is 6.56. The molecule has 1 aromatic heterocycles. The molecule has 2 unspecified atom stereocenters. The van der Waals surface area contributed by atoms with Crippen LogP contribution in [-0.4, -0.2) is 16.9 Å². The summed E-state index contributed by atoms with van der Waals surface area (Å²) in [5.74, 6) is 0.746. The SMILES string of the molecule is Cc1cc(C)nc(NC(=O)C2CCCC(N)C2)c1. The topological polar surface area (TPSA) is 68.0 Å². The molecule has 18 heavy (non-hydrogen) atoms. The molecule has 2 rings (SSSR count). The molecule has 4 heteroatoms. The molecule has 1 aliphatic carbocycles. The molecule has 0 saturated heterocycles. The van der Waals surface area contributed by atoms with Crippen LogP contribution in [0.5, 0.6) is 0 Å². The predicted octanol–water partition coefficient (Wildman–Crippen LogP) is 2.15. The van der Waals surface area contributed by atoms with Gasteiger partial charge in [0.15, 0.2) is 0 Å². The number of carbonyl (C=O) groups excluding carboxylic acids is 1. The number of hydrogen-bond donors (Lipinski definition) is 2. The second-order valence-corrected chi connectivity index (χ2v) is 5.28. The highest BCUT2D eigenvalue weighted by Crippen LogP contribution is 2.24. The second kappa shape index (κ2) is 5.48. The van der Waals surface area contributed by atoms with E-state index < -0.39 is 0 Å². The van der Waals surface area contributed by atoms with Crippen LogP contribution in [-0.2, 0) is 4.79 Å². The molecule has 1 aliphatic rings. The van der Waals surface area contributed by atoms with Gasteiger partial charge < -0.3 is 11.1 Å². The maximum atomic E-state index is 12.1. The zero-order valence-electron chi connectivity index (χ0n) is 11.1. The third kappa shape index (κ3) is 3.29. The quantitative estimate of drug-likeness (QED) is 0.841. The van der Waals surface area contributed by atoms with Crippen LogP contribution in [0.3, 0.4) is 0 Å². The van der Waals surface area contributed by atoms with Crippen LogP contribution in [0.15, 0.2) is 12.1 Å². The van der Waals surface area contributed by atoms with Crippen molar-refractivity contribution in [3.8, 4) is 0 Å². The Hall–Kier alpha value is -1.42. The Morgan fingerprint density at radius 3 is 2.83 bits per heavy atom. The third-order valence-electron chi connectivity index (χ3n) is 3.43. The normalized spacial score (nSPS) is 23.7. The highest BCUT2D eigenvalue weighted by molar-refractivity contribution is 5.91. The smallest absolute Gasteiger partial charge is 0.228 e. The predicted molar refractivity (Wildman–Crippen MR) is 72.3 cm³/mol. The number of aromatic nitrogens is 1. The Bertz CT molecular complexity index is 424. The number of nitrogens with zero attached hydrogens (tertiary/aromatic N) is 1. The summed E-state index contributed by atoms with van der Waals surface area (Å²) in [6.45, 7) is 3.93. The van der Waals surface area contributed by atoms with Gasteiger partial charge in [0.05, 0.1) is 0 Å². The molecule has 0 radical (unpaired) electrons. The standard InChI is InChI=1S/C14H21N3O/c1-9-6-10(2)16-13(7-9)17-14(18)11-4-3-5-12(15)8-11/h6-7,11-12H,3-5,8,15H2,1-2H3,(H,16,17,18). The molecule has 0 aromatic carbocycles. The van der Waals surface area contributed by atoms with Gasteiger partial charge in [0, 0.05) is 17.7 Å². The molecule has 1 fully saturated rings. The largest absolute Gasteiger partial charge is 0.328 e. The first-order valence-corrected chi connectivity index (χ1v) is 6.56. The van der Waals surface area contributed by atoms with Crippen molar-refractivity contribution in [3.05, 3.63) is 23.4 Å². The molecule has 0 bridgehead atoms. The zero-order chi connectivity index (χ0) is 13.1. The summed E-state index contributed by atoms with van der Waals surface area (Å²) in [4.78, 5) is 16.5. The van der Waals surface area contributed by atoms with Gasteiger partial charge in [-0.3, -0.25) is 4.79 Å². The molecule has 3 N–H and O–H groups in total. The van der Waals surface area contributed by atoms with E-state index in [9.17, 15) is 4.79 Å². The van der Waals surface area contributed by atoms with Crippen molar-refractivity contribution in [2.75, 3.05) is 5.32 Å². The maximum Gasteiger partial charge on any atom is 0.228 e. The number of nitrogens with one attached hydrogen (secondary N) is 1. The Morgan fingerprint density at radius 2 is 2.17 bits per heavy atom. The van der Waals surface area contributed by atoms with Crippen molar-refractivity contribution in [2.24, 2.45) is 11.7 Å². The highest BCUT2D eigenvalue weighted by atomic mass is 16.1. The Morgan fingerprint density at radius 1 is 1.39 bits per heavy atom. The van der Waals surface area contributed by atoms with Crippen molar-refractivity contribution in [2.45, 2.75) is 45.6 Å². The van der Waals surface area contributed by atoms with E-state index in [1.54, 1.807) is 0 Å². The van der Waals surface area contributed by atoms with E-state index in [-0.39, 0.29) is 17.9 Å². The van der Waals surface area contributed by atoms with Gasteiger partial charge in [0.2, 0.25) is 5.91 Å². The first-order chi connectivity index (χ1) is 8.54. The van der Waals surface area contributed by atoms with Gasteiger partial charge in [0.25, 0.3) is 0 Å². The van der Waals surface area contributed by atoms with E-state index >= 15 is 0 Å². The first kappa shape index (κ1) is 13.0. The third-order valence-corrected chi connectivity index (χ3v) is 3.43. The molecule has 1 aromatic rings. The molecule has 0 aliphatic heterocycles. The molecule has 1 heterocycles. The lowest BCUT2D eigenvalue weighted by Crippen LogP contribution is -2.34. The van der Waals surface area contributed by atoms with E-state index in [0.29, 0.717) is 5.82 Å². The minimum atomic E-state index is 0.0383. The number of aryl methyl sites for hydroxylation is 2. The summed E-state index contributed by atoms with van der Waals surface area (Å²) < 4.78 is 0. The Labute approximate surface area is 108 Å². The molecular weight excluding hydrogens is 226 g/mol. The van der Waals surface area contributed by atoms with E-state index in [2.05, 4.69) is 10.3 Å². The monoisotopic (exact) mass is 247 g/mol. The number of rotatable bonds is 2. The van der Waals surface area contributed by atoms with Crippen molar-refractivity contribution in [1.29, 1.82) is 0 Å². The molecule has 2 atom stereocenters. The lowest BCUT2D eigenvalue weighted by Gasteiger charge is -2.25. The van der Waals surface area contributed by atoms with E-state index in [1.807, 2.05) is 26.0 Å². The fraction of sp³-hybridized carbons (Fsp3) is 0.571. The van der Waals surface area contributed by atoms with Gasteiger partial charge in [-0.15, -0.1) is 0 Å². The van der Waals surface area contributed by atoms with Crippen LogP contribution in [0, 0.1) is 19.8 Å². The van der Waals surface area contributed by atoms with Crippen LogP contribution < -0.4 is 11.1 Å². The summed E-state index contributed by atoms with van der Waals surface area (Å²) in [7, 11) is 0. The number of nitrogens with two attached hydrogens (primary N) is 1. The fourth-order valence-electron chi connectivity index (χ4n) is 2.60. The van der Waals surface area contributed by atoms with Crippen molar-refractivity contribution in [3.63, 3.8) is 0 Å². The molecule has 0 spiro atoms. The van der Waals surface area contributed by atoms with Crippen LogP contribution in [0.1, 0.15) is 36.9 Å². The zero-order valence-corrected chi connectivity index (χ0v) is 11.1. The summed E-state index contributed by atoms with van der Waals surface area (Å²) in [5, 5.41) is 2.91. The number of carbonyl (C=O) groups is 1. The number of pyridine rings is 1. The number of hydrogen-bond acceptors (Lipinski definition) is 3. The van der Waals surface area contributed by atoms with Gasteiger partial charge >= 0.3 is 0 Å². The highest BCUT2D eigenvalue weighted by Gasteiger charge is 2.25. The molecule has 1 saturated carbocycles. The van der Waals surface area contributed by atoms with Gasteiger partial charge in [-0.25, -0.2) is 4.98 Å². The van der Waals surface area contributed by atoms with E-state index in [0.717, 1.165) is 36.9 Å². The molecular formula is C14H21N3O. The van der Waals surface area contributed by atoms with Crippen LogP contribution in [0.4, 0.5) is 5.82 Å². The van der Waals surface area contributed by atoms with Crippen LogP contribution in [0.2, 0.25) is 0 Å². The number of anilines is 1. The lowest BCUT2D eigenvalue weighted by atomic mass is 9.85. The molecule has 1 amide bonds. The van der Waals surface area contributed by atoms with Gasteiger partial charge in [-0.1, -0.05) is 6.42 Å². The average molecular weight is 247 g/mol. The summed E-state index contributed by atoms with van der Waals surface area (Å²) in [6, 6.07) is 4.06. The van der Waals surface area contributed by atoms with Crippen molar-refractivity contribution >= 4 is 11.7 Å².